The number of hydrogen-bond donors (Lipinski definition) is 1. The molecule has 0 radical (unpaired) electrons. The van der Waals surface area contributed by atoms with E-state index < -0.39 is 17.3 Å². The van der Waals surface area contributed by atoms with Gasteiger partial charge in [0.25, 0.3) is 0 Å². The largest absolute Gasteiger partial charge is 0.481 e. The van der Waals surface area contributed by atoms with Gasteiger partial charge in [-0.2, -0.15) is 0 Å². The maximum atomic E-state index is 10.4. The lowest BCUT2D eigenvalue weighted by Crippen LogP contribution is -2.24. The first-order valence-electron chi connectivity index (χ1n) is 3.06. The van der Waals surface area contributed by atoms with Gasteiger partial charge in [-0.1, -0.05) is 6.92 Å². The van der Waals surface area contributed by atoms with Crippen molar-refractivity contribution in [3.8, 4) is 0 Å². The zero-order chi connectivity index (χ0) is 8.15. The van der Waals surface area contributed by atoms with Crippen LogP contribution in [0.2, 0.25) is 0 Å². The molecule has 0 aliphatic rings. The van der Waals surface area contributed by atoms with E-state index in [1.165, 1.54) is 0 Å². The summed E-state index contributed by atoms with van der Waals surface area (Å²) in [5.41, 5.74) is 0. The molecular weight excluding hydrogens is 175 g/mol. The molecule has 0 amide bonds. The number of carboxylic acids is 1. The minimum absolute atomic E-state index is 0.187. The fourth-order valence-corrected chi connectivity index (χ4v) is 1.19. The fraction of sp³-hybridized carbons (Fsp3) is 0.833. The first-order chi connectivity index (χ1) is 4.63. The maximum Gasteiger partial charge on any atom is 0.308 e. The van der Waals surface area contributed by atoms with Gasteiger partial charge in [0.2, 0.25) is 0 Å². The third-order valence-electron chi connectivity index (χ3n) is 1.34. The van der Waals surface area contributed by atoms with Crippen molar-refractivity contribution in [2.75, 3.05) is 5.88 Å². The molecule has 0 rings (SSSR count). The van der Waals surface area contributed by atoms with E-state index >= 15 is 0 Å². The van der Waals surface area contributed by atoms with Gasteiger partial charge in [0.1, 0.15) is 0 Å². The second kappa shape index (κ2) is 4.80. The first-order valence-corrected chi connectivity index (χ1v) is 4.03. The summed E-state index contributed by atoms with van der Waals surface area (Å²) in [7, 11) is 0. The van der Waals surface area contributed by atoms with E-state index in [0.29, 0.717) is 6.42 Å². The predicted octanol–water partition coefficient (Wildman–Crippen LogP) is 1.94. The number of hydrogen-bond acceptors (Lipinski definition) is 1. The molecule has 0 aromatic heterocycles. The summed E-state index contributed by atoms with van der Waals surface area (Å²) in [4.78, 5) is 10.4. The molecule has 2 atom stereocenters. The van der Waals surface area contributed by atoms with E-state index in [1.54, 1.807) is 6.92 Å². The molecule has 10 heavy (non-hydrogen) atoms. The molecule has 0 fully saturated rings. The Morgan fingerprint density at radius 1 is 1.70 bits per heavy atom. The Bertz CT molecular complexity index is 116. The van der Waals surface area contributed by atoms with Crippen molar-refractivity contribution in [2.24, 2.45) is 5.92 Å². The Balaban J connectivity index is 3.92. The van der Waals surface area contributed by atoms with Gasteiger partial charge in [-0.05, 0) is 6.42 Å². The Hall–Kier alpha value is 0.0500. The highest BCUT2D eigenvalue weighted by molar-refractivity contribution is 6.28. The normalized spacial score (nSPS) is 16.3. The lowest BCUT2D eigenvalue weighted by Gasteiger charge is -2.12. The lowest BCUT2D eigenvalue weighted by atomic mass is 10.0. The molecule has 0 aliphatic carbocycles. The molecule has 1 N–H and O–H groups in total. The van der Waals surface area contributed by atoms with Crippen LogP contribution in [0.1, 0.15) is 13.3 Å². The van der Waals surface area contributed by atoms with Gasteiger partial charge >= 0.3 is 5.97 Å². The smallest absolute Gasteiger partial charge is 0.308 e. The Kier molecular flexibility index (Phi) is 4.83. The van der Waals surface area contributed by atoms with Crippen LogP contribution in [-0.2, 0) is 4.79 Å². The summed E-state index contributed by atoms with van der Waals surface area (Å²) in [6.45, 7) is 1.78. The molecule has 0 bridgehead atoms. The summed E-state index contributed by atoms with van der Waals surface area (Å²) in [6.07, 6.45) is 0.524. The van der Waals surface area contributed by atoms with Crippen LogP contribution in [0, 0.1) is 5.92 Å². The standard InChI is InChI=1S/C6H10Cl2O2/c1-2-4(6(9)10)5(8)3-7/h4-5H,2-3H2,1H3,(H,9,10). The summed E-state index contributed by atoms with van der Waals surface area (Å²) in [5.74, 6) is -1.20. The molecule has 60 valence electrons. The van der Waals surface area contributed by atoms with Gasteiger partial charge < -0.3 is 5.11 Å². The average molecular weight is 185 g/mol. The van der Waals surface area contributed by atoms with Crippen LogP contribution in [0.3, 0.4) is 0 Å². The van der Waals surface area contributed by atoms with E-state index in [4.69, 9.17) is 28.3 Å². The zero-order valence-corrected chi connectivity index (χ0v) is 7.19. The molecule has 0 aromatic carbocycles. The number of carbonyl (C=O) groups is 1. The number of alkyl halides is 2. The summed E-state index contributed by atoms with van der Waals surface area (Å²) in [5, 5.41) is 8.08. The number of rotatable bonds is 4. The molecule has 0 saturated heterocycles. The summed E-state index contributed by atoms with van der Waals surface area (Å²) < 4.78 is 0. The topological polar surface area (TPSA) is 37.3 Å². The Morgan fingerprint density at radius 3 is 2.30 bits per heavy atom. The van der Waals surface area contributed by atoms with Gasteiger partial charge in [-0.3, -0.25) is 4.79 Å². The highest BCUT2D eigenvalue weighted by Crippen LogP contribution is 2.16. The minimum atomic E-state index is -0.872. The van der Waals surface area contributed by atoms with Crippen LogP contribution in [0.4, 0.5) is 0 Å². The second-order valence-corrected chi connectivity index (χ2v) is 2.89. The predicted molar refractivity (Wildman–Crippen MR) is 41.8 cm³/mol. The maximum absolute atomic E-state index is 10.4. The molecule has 0 heterocycles. The van der Waals surface area contributed by atoms with E-state index in [9.17, 15) is 4.79 Å². The van der Waals surface area contributed by atoms with Crippen LogP contribution < -0.4 is 0 Å². The quantitative estimate of drug-likeness (QED) is 0.679. The van der Waals surface area contributed by atoms with Gasteiger partial charge in [-0.15, -0.1) is 23.2 Å². The van der Waals surface area contributed by atoms with Crippen molar-refractivity contribution in [3.05, 3.63) is 0 Å². The van der Waals surface area contributed by atoms with Crippen LogP contribution in [0.5, 0.6) is 0 Å². The third kappa shape index (κ3) is 2.76. The Labute approximate surface area is 70.1 Å². The number of halogens is 2. The van der Waals surface area contributed by atoms with Gasteiger partial charge in [0, 0.05) is 5.88 Å². The Morgan fingerprint density at radius 2 is 2.20 bits per heavy atom. The summed E-state index contributed by atoms with van der Waals surface area (Å²) in [6, 6.07) is 0. The first kappa shape index (κ1) is 10.0. The third-order valence-corrected chi connectivity index (χ3v) is 2.29. The van der Waals surface area contributed by atoms with Crippen molar-refractivity contribution in [1.29, 1.82) is 0 Å². The molecule has 0 aromatic rings. The highest BCUT2D eigenvalue weighted by Gasteiger charge is 2.23. The fourth-order valence-electron chi connectivity index (χ4n) is 0.693. The molecule has 2 unspecified atom stereocenters. The van der Waals surface area contributed by atoms with E-state index in [0.717, 1.165) is 0 Å². The monoisotopic (exact) mass is 184 g/mol. The molecule has 0 spiro atoms. The van der Waals surface area contributed by atoms with Crippen LogP contribution in [0.25, 0.3) is 0 Å². The van der Waals surface area contributed by atoms with E-state index in [1.807, 2.05) is 0 Å². The van der Waals surface area contributed by atoms with Gasteiger partial charge in [0.05, 0.1) is 11.3 Å². The van der Waals surface area contributed by atoms with E-state index in [2.05, 4.69) is 0 Å². The van der Waals surface area contributed by atoms with Gasteiger partial charge in [0.15, 0.2) is 0 Å². The van der Waals surface area contributed by atoms with Crippen LogP contribution in [0.15, 0.2) is 0 Å². The van der Waals surface area contributed by atoms with Crippen molar-refractivity contribution in [1.82, 2.24) is 0 Å². The molecule has 2 nitrogen and oxygen atoms in total. The lowest BCUT2D eigenvalue weighted by molar-refractivity contribution is -0.141. The number of carboxylic acid groups (broad SMARTS) is 1. The van der Waals surface area contributed by atoms with Crippen molar-refractivity contribution in [3.63, 3.8) is 0 Å². The van der Waals surface area contributed by atoms with Crippen LogP contribution >= 0.6 is 23.2 Å². The van der Waals surface area contributed by atoms with Crippen molar-refractivity contribution >= 4 is 29.2 Å². The SMILES string of the molecule is CCC(C(=O)O)C(Cl)CCl. The molecule has 0 aliphatic heterocycles. The zero-order valence-electron chi connectivity index (χ0n) is 5.68. The number of aliphatic carboxylic acids is 1. The van der Waals surface area contributed by atoms with Crippen molar-refractivity contribution in [2.45, 2.75) is 18.7 Å². The van der Waals surface area contributed by atoms with Gasteiger partial charge in [-0.25, -0.2) is 0 Å². The van der Waals surface area contributed by atoms with Crippen molar-refractivity contribution < 1.29 is 9.90 Å². The molecular formula is C6H10Cl2O2. The minimum Gasteiger partial charge on any atom is -0.481 e. The second-order valence-electron chi connectivity index (χ2n) is 2.02. The highest BCUT2D eigenvalue weighted by atomic mass is 35.5. The van der Waals surface area contributed by atoms with E-state index in [-0.39, 0.29) is 5.88 Å². The molecule has 4 heteroatoms. The van der Waals surface area contributed by atoms with Crippen LogP contribution in [-0.4, -0.2) is 22.3 Å². The molecule has 0 saturated carbocycles. The summed E-state index contributed by atoms with van der Waals surface area (Å²) >= 11 is 11.0. The average Bonchev–Trinajstić information content (AvgIpc) is 1.88.